The van der Waals surface area contributed by atoms with Crippen molar-refractivity contribution < 1.29 is 19.7 Å². The molecule has 2 N–H and O–H groups in total. The Balaban J connectivity index is 2.49. The number of rotatable bonds is 9. The van der Waals surface area contributed by atoms with Gasteiger partial charge in [0.2, 0.25) is 0 Å². The molecule has 0 aliphatic carbocycles. The number of ketones is 1. The van der Waals surface area contributed by atoms with Crippen molar-refractivity contribution in [2.24, 2.45) is 11.8 Å². The van der Waals surface area contributed by atoms with Gasteiger partial charge in [0.1, 0.15) is 5.78 Å². The Kier molecular flexibility index (Phi) is 9.04. The normalized spacial score (nSPS) is 28.4. The Labute approximate surface area is 153 Å². The van der Waals surface area contributed by atoms with Gasteiger partial charge in [0.25, 0.3) is 0 Å². The summed E-state index contributed by atoms with van der Waals surface area (Å²) >= 11 is 0. The fraction of sp³-hybridized carbons (Fsp3) is 0.762. The lowest BCUT2D eigenvalue weighted by atomic mass is 9.86. The monoisotopic (exact) mass is 352 g/mol. The van der Waals surface area contributed by atoms with Crippen molar-refractivity contribution in [3.05, 3.63) is 23.8 Å². The van der Waals surface area contributed by atoms with Gasteiger partial charge in [-0.3, -0.25) is 4.79 Å². The summed E-state index contributed by atoms with van der Waals surface area (Å²) in [5.41, 5.74) is 1.51. The summed E-state index contributed by atoms with van der Waals surface area (Å²) in [6, 6.07) is 0. The maximum atomic E-state index is 12.3. The molecule has 0 amide bonds. The number of allylic oxidation sites excluding steroid dienone is 1. The van der Waals surface area contributed by atoms with Gasteiger partial charge in [0, 0.05) is 12.3 Å². The van der Waals surface area contributed by atoms with E-state index in [0.29, 0.717) is 19.4 Å². The zero-order chi connectivity index (χ0) is 19.0. The molecule has 0 spiro atoms. The van der Waals surface area contributed by atoms with Gasteiger partial charge in [-0.15, -0.1) is 0 Å². The first-order chi connectivity index (χ1) is 11.7. The summed E-state index contributed by atoms with van der Waals surface area (Å²) in [5, 5.41) is 19.5. The molecule has 0 aromatic rings. The van der Waals surface area contributed by atoms with Crippen LogP contribution in [0.25, 0.3) is 0 Å². The van der Waals surface area contributed by atoms with Crippen molar-refractivity contribution in [2.75, 3.05) is 13.2 Å². The number of carbonyl (C=O) groups is 1. The van der Waals surface area contributed by atoms with Crippen LogP contribution >= 0.6 is 0 Å². The lowest BCUT2D eigenvalue weighted by molar-refractivity contribution is -0.123. The highest BCUT2D eigenvalue weighted by Gasteiger charge is 2.36. The van der Waals surface area contributed by atoms with E-state index in [2.05, 4.69) is 6.58 Å². The van der Waals surface area contributed by atoms with Gasteiger partial charge in [-0.05, 0) is 57.4 Å². The SMILES string of the molecule is C=C(C)[C@H](C)CC(=O)[C@@H](C)CCC[C@]1(C)OC/C(=C/CO)CC[C@H]1O. The van der Waals surface area contributed by atoms with E-state index in [4.69, 9.17) is 9.84 Å². The third-order valence-corrected chi connectivity index (χ3v) is 5.62. The molecule has 4 nitrogen and oxygen atoms in total. The first-order valence-electron chi connectivity index (χ1n) is 9.48. The van der Waals surface area contributed by atoms with Gasteiger partial charge in [-0.25, -0.2) is 0 Å². The molecule has 144 valence electrons. The summed E-state index contributed by atoms with van der Waals surface area (Å²) < 4.78 is 5.98. The number of ether oxygens (including phenoxy) is 1. The van der Waals surface area contributed by atoms with Crippen LogP contribution in [0.15, 0.2) is 23.8 Å². The van der Waals surface area contributed by atoms with Crippen molar-refractivity contribution in [2.45, 2.75) is 77.9 Å². The van der Waals surface area contributed by atoms with Gasteiger partial charge in [-0.2, -0.15) is 0 Å². The molecule has 25 heavy (non-hydrogen) atoms. The molecule has 4 heteroatoms. The molecular weight excluding hydrogens is 316 g/mol. The Bertz CT molecular complexity index is 482. The Hall–Kier alpha value is -0.970. The zero-order valence-corrected chi connectivity index (χ0v) is 16.4. The summed E-state index contributed by atoms with van der Waals surface area (Å²) in [7, 11) is 0. The molecule has 4 atom stereocenters. The number of hydrogen-bond acceptors (Lipinski definition) is 4. The Morgan fingerprint density at radius 2 is 2.12 bits per heavy atom. The van der Waals surface area contributed by atoms with Gasteiger partial charge in [-0.1, -0.05) is 32.1 Å². The number of Topliss-reactive ketones (excluding diaryl/α,β-unsaturated/α-hetero) is 1. The first-order valence-corrected chi connectivity index (χ1v) is 9.48. The third kappa shape index (κ3) is 7.04. The van der Waals surface area contributed by atoms with Crippen LogP contribution in [0.2, 0.25) is 0 Å². The molecule has 1 aliphatic heterocycles. The molecule has 0 unspecified atom stereocenters. The van der Waals surface area contributed by atoms with Crippen molar-refractivity contribution >= 4 is 5.78 Å². The minimum atomic E-state index is -0.585. The molecule has 0 bridgehead atoms. The van der Waals surface area contributed by atoms with E-state index >= 15 is 0 Å². The number of aliphatic hydroxyl groups excluding tert-OH is 2. The number of aliphatic hydroxyl groups is 2. The maximum Gasteiger partial charge on any atom is 0.136 e. The van der Waals surface area contributed by atoms with Crippen LogP contribution in [0.1, 0.15) is 66.2 Å². The molecular formula is C21H36O4. The average Bonchev–Trinajstić information content (AvgIpc) is 2.69. The Morgan fingerprint density at radius 1 is 1.44 bits per heavy atom. The van der Waals surface area contributed by atoms with Crippen molar-refractivity contribution in [3.8, 4) is 0 Å². The van der Waals surface area contributed by atoms with E-state index in [0.717, 1.165) is 36.8 Å². The summed E-state index contributed by atoms with van der Waals surface area (Å²) in [6.07, 6.45) is 5.59. The molecule has 0 radical (unpaired) electrons. The van der Waals surface area contributed by atoms with Crippen LogP contribution in [-0.4, -0.2) is 40.9 Å². The highest BCUT2D eigenvalue weighted by molar-refractivity contribution is 5.81. The van der Waals surface area contributed by atoms with Gasteiger partial charge >= 0.3 is 0 Å². The number of hydrogen-bond donors (Lipinski definition) is 2. The molecule has 1 rings (SSSR count). The minimum Gasteiger partial charge on any atom is -0.392 e. The smallest absolute Gasteiger partial charge is 0.136 e. The fourth-order valence-electron chi connectivity index (χ4n) is 3.18. The maximum absolute atomic E-state index is 12.3. The standard InChI is InChI=1S/C21H36O4/c1-15(2)17(4)13-19(23)16(3)7-6-11-21(5)20(24)9-8-18(10-12-22)14-25-21/h10,16-17,20,22,24H,1,6-9,11-14H2,2-5H3/b18-10+/t16-,17+,20+,21-/m0/s1. The van der Waals surface area contributed by atoms with Crippen LogP contribution in [0.5, 0.6) is 0 Å². The van der Waals surface area contributed by atoms with Crippen LogP contribution in [0.3, 0.4) is 0 Å². The average molecular weight is 353 g/mol. The second kappa shape index (κ2) is 10.2. The third-order valence-electron chi connectivity index (χ3n) is 5.62. The lowest BCUT2D eigenvalue weighted by Crippen LogP contribution is -2.41. The molecule has 0 aromatic heterocycles. The summed E-state index contributed by atoms with van der Waals surface area (Å²) in [5.74, 6) is 0.547. The topological polar surface area (TPSA) is 66.8 Å². The van der Waals surface area contributed by atoms with Crippen molar-refractivity contribution in [3.63, 3.8) is 0 Å². The largest absolute Gasteiger partial charge is 0.392 e. The van der Waals surface area contributed by atoms with Crippen LogP contribution in [0, 0.1) is 11.8 Å². The van der Waals surface area contributed by atoms with E-state index < -0.39 is 11.7 Å². The summed E-state index contributed by atoms with van der Waals surface area (Å²) in [4.78, 5) is 12.3. The highest BCUT2D eigenvalue weighted by Crippen LogP contribution is 2.32. The van der Waals surface area contributed by atoms with Crippen LogP contribution < -0.4 is 0 Å². The summed E-state index contributed by atoms with van der Waals surface area (Å²) in [6.45, 7) is 12.3. The zero-order valence-electron chi connectivity index (χ0n) is 16.4. The van der Waals surface area contributed by atoms with Crippen molar-refractivity contribution in [1.82, 2.24) is 0 Å². The van der Waals surface area contributed by atoms with Crippen molar-refractivity contribution in [1.29, 1.82) is 0 Å². The first kappa shape index (κ1) is 22.1. The highest BCUT2D eigenvalue weighted by atomic mass is 16.5. The number of carbonyl (C=O) groups excluding carboxylic acids is 1. The minimum absolute atomic E-state index is 0.00767. The molecule has 0 aromatic carbocycles. The van der Waals surface area contributed by atoms with E-state index in [1.807, 2.05) is 27.7 Å². The lowest BCUT2D eigenvalue weighted by Gasteiger charge is -2.33. The van der Waals surface area contributed by atoms with E-state index in [9.17, 15) is 9.90 Å². The quantitative estimate of drug-likeness (QED) is 0.619. The van der Waals surface area contributed by atoms with Crippen LogP contribution in [-0.2, 0) is 9.53 Å². The van der Waals surface area contributed by atoms with E-state index in [1.165, 1.54) is 0 Å². The van der Waals surface area contributed by atoms with Gasteiger partial charge in [0.05, 0.1) is 24.9 Å². The predicted molar refractivity (Wildman–Crippen MR) is 101 cm³/mol. The van der Waals surface area contributed by atoms with Gasteiger partial charge in [0.15, 0.2) is 0 Å². The fourth-order valence-corrected chi connectivity index (χ4v) is 3.18. The molecule has 0 saturated carbocycles. The predicted octanol–water partition coefficient (Wildman–Crippen LogP) is 3.81. The molecule has 1 heterocycles. The molecule has 1 aliphatic rings. The molecule has 1 fully saturated rings. The van der Waals surface area contributed by atoms with Gasteiger partial charge < -0.3 is 14.9 Å². The van der Waals surface area contributed by atoms with Crippen LogP contribution in [0.4, 0.5) is 0 Å². The second-order valence-corrected chi connectivity index (χ2v) is 7.91. The second-order valence-electron chi connectivity index (χ2n) is 7.91. The van der Waals surface area contributed by atoms with E-state index in [1.54, 1.807) is 6.08 Å². The Morgan fingerprint density at radius 3 is 2.72 bits per heavy atom. The molecule has 1 saturated heterocycles. The van der Waals surface area contributed by atoms with E-state index in [-0.39, 0.29) is 24.2 Å².